The summed E-state index contributed by atoms with van der Waals surface area (Å²) >= 11 is 0. The Labute approximate surface area is 764 Å². The van der Waals surface area contributed by atoms with Gasteiger partial charge in [-0.25, -0.2) is 42.8 Å². The molecule has 2 fully saturated rings. The van der Waals surface area contributed by atoms with Crippen LogP contribution in [0.4, 0.5) is 93.0 Å². The Kier molecular flexibility index (Phi) is 30.3. The Morgan fingerprint density at radius 3 is 0.881 bits per heavy atom. The zero-order valence-corrected chi connectivity index (χ0v) is 75.9. The number of hydrogen-bond acceptors (Lipinski definition) is 14. The molecule has 8 aromatic carbocycles. The molecule has 2 saturated carbocycles. The number of nitrogens with zero attached hydrogens (tertiary/aromatic N) is 4. The van der Waals surface area contributed by atoms with Gasteiger partial charge >= 0.3 is 24.7 Å². The fourth-order valence-corrected chi connectivity index (χ4v) is 18.3. The van der Waals surface area contributed by atoms with E-state index in [0.717, 1.165) is 105 Å². The van der Waals surface area contributed by atoms with Crippen molar-refractivity contribution in [1.29, 1.82) is 0 Å². The molecular weight excluding hydrogens is 1890 g/mol. The number of aliphatic hydroxyl groups excluding tert-OH is 2. The number of aliphatic hydroxyl groups is 3. The van der Waals surface area contributed by atoms with Crippen molar-refractivity contribution in [3.63, 3.8) is 0 Å². The Hall–Kier alpha value is -12.6. The second-order valence-corrected chi connectivity index (χ2v) is 40.5. The standard InChI is InChI=1S/C24H22F4N2O4S.C24H22F4N2O3S.C23H22F4N2O3S.C22H20F4N2O4S/c1-14-17(22(31)29-15-7-8-20(19(25)11-15)35(2,33)34)12-30(13-23(32)9-10-23)21(14)16-5-3-4-6-18(16)24(26,27)28;1-14-18(23(31)29-15-10-11-21(20(25)12-15)34(2,32)33)13-30(16-6-5-7-16)22(14)17-8-3-4-9-19(17)24(26,27)28;1-14-17(22(31)28-15-8-9-20(19(24)12-15)33(2,3)32)13-29(10-11-30)21(14)16-6-4-5-7-18(16)23(25,26)27;1-13-16(21(30)27-14-7-8-19(18(23)11-14)33(2,31)32)12-28(9-10-29)20(13)15-5-3-4-6-17(15)22(24,25)26/h3-8,11-12,32H,9-10,13H2,1-2H3,(H,29,31);3-4,8-13,16H,5-7H2,1-2H3,(H,29,31);4-9,12-13,30H,2,10-11H2,1,3H3,(H,28,31);3-8,11-12,29H,9-10H2,1-2H3,(H,27,30). The summed E-state index contributed by atoms with van der Waals surface area (Å²) in [6.45, 7) is 5.22. The SMILES string of the molecule is C=S(C)(=O)c1ccc(NC(=O)c2cn(CCO)c(-c3ccccc3C(F)(F)F)c2C)cc1F.Cc1c(C(=O)Nc2ccc(S(C)(=O)=O)c(F)c2)cn(C2CCC2)c1-c1ccccc1C(F)(F)F.Cc1c(C(=O)Nc2ccc(S(C)(=O)=O)c(F)c2)cn(CC2(O)CC2)c1-c1ccccc1C(F)(F)F.Cc1c(C(=O)Nc2ccc(S(C)(=O)=O)c(F)c2)cn(CCO)c1-c1ccccc1C(F)(F)F. The van der Waals surface area contributed by atoms with E-state index in [2.05, 4.69) is 27.1 Å². The van der Waals surface area contributed by atoms with Gasteiger partial charge in [0.1, 0.15) is 38.0 Å². The van der Waals surface area contributed by atoms with Crippen LogP contribution in [-0.4, -0.2) is 136 Å². The second-order valence-electron chi connectivity index (χ2n) is 32.1. The number of rotatable bonds is 23. The predicted molar refractivity (Wildman–Crippen MR) is 476 cm³/mol. The maximum absolute atomic E-state index is 14.3. The molecule has 4 amide bonds. The number of alkyl halides is 12. The van der Waals surface area contributed by atoms with Gasteiger partial charge in [-0.05, 0) is 195 Å². The number of hydrogen-bond donors (Lipinski definition) is 7. The normalized spacial score (nSPS) is 13.9. The fourth-order valence-electron chi connectivity index (χ4n) is 15.3. The van der Waals surface area contributed by atoms with Crippen molar-refractivity contribution in [1.82, 2.24) is 18.3 Å². The first-order valence-corrected chi connectivity index (χ1v) is 48.3. The molecular formula is C93H86F16N8O14S4. The third-order valence-electron chi connectivity index (χ3n) is 22.1. The number of carbonyl (C=O) groups excluding carboxylic acids is 4. The third-order valence-corrected chi connectivity index (χ3v) is 26.7. The average molecular weight is 1970 g/mol. The summed E-state index contributed by atoms with van der Waals surface area (Å²) < 4.78 is 308. The molecule has 2 aliphatic carbocycles. The van der Waals surface area contributed by atoms with Crippen molar-refractivity contribution < 1.29 is 134 Å². The minimum Gasteiger partial charge on any atom is -0.395 e. The quantitative estimate of drug-likeness (QED) is 0.0231. The van der Waals surface area contributed by atoms with Crippen molar-refractivity contribution in [2.75, 3.05) is 59.5 Å². The number of halogens is 16. The van der Waals surface area contributed by atoms with Crippen LogP contribution in [0.5, 0.6) is 0 Å². The summed E-state index contributed by atoms with van der Waals surface area (Å²) in [5, 5.41) is 39.1. The van der Waals surface area contributed by atoms with Gasteiger partial charge in [0.15, 0.2) is 29.5 Å². The van der Waals surface area contributed by atoms with E-state index < -0.39 is 153 Å². The van der Waals surface area contributed by atoms with Crippen LogP contribution < -0.4 is 21.3 Å². The molecule has 1 unspecified atom stereocenters. The Morgan fingerprint density at radius 2 is 0.637 bits per heavy atom. The number of sulfone groups is 3. The molecule has 0 bridgehead atoms. The van der Waals surface area contributed by atoms with Gasteiger partial charge in [-0.3, -0.25) is 23.4 Å². The Bertz CT molecular complexity index is 6890. The molecule has 0 saturated heterocycles. The van der Waals surface area contributed by atoms with Gasteiger partial charge in [-0.2, -0.15) is 52.7 Å². The Balaban J connectivity index is 0.000000173. The highest BCUT2D eigenvalue weighted by Crippen LogP contribution is 2.48. The van der Waals surface area contributed by atoms with E-state index in [-0.39, 0.29) is 145 Å². The van der Waals surface area contributed by atoms with Crippen LogP contribution in [-0.2, 0) is 83.4 Å². The van der Waals surface area contributed by atoms with E-state index in [9.17, 15) is 134 Å². The van der Waals surface area contributed by atoms with Crippen LogP contribution >= 0.6 is 0 Å². The molecule has 135 heavy (non-hydrogen) atoms. The van der Waals surface area contributed by atoms with E-state index in [1.165, 1.54) is 169 Å². The molecule has 718 valence electrons. The van der Waals surface area contributed by atoms with Crippen LogP contribution in [0.1, 0.15) is 124 Å². The van der Waals surface area contributed by atoms with Gasteiger partial charge in [-0.15, -0.1) is 0 Å². The molecule has 1 atom stereocenters. The fraction of sp³-hybridized carbons (Fsp3) is 0.258. The molecule has 7 N–H and O–H groups in total. The van der Waals surface area contributed by atoms with E-state index in [1.807, 2.05) is 0 Å². The summed E-state index contributed by atoms with van der Waals surface area (Å²) in [5.74, 6) is -3.24. The van der Waals surface area contributed by atoms with Crippen LogP contribution in [0.25, 0.3) is 45.0 Å². The van der Waals surface area contributed by atoms with Crippen molar-refractivity contribution in [2.45, 2.75) is 135 Å². The van der Waals surface area contributed by atoms with Crippen LogP contribution in [0.2, 0.25) is 0 Å². The van der Waals surface area contributed by atoms with Gasteiger partial charge in [0.25, 0.3) is 23.6 Å². The van der Waals surface area contributed by atoms with Crippen LogP contribution in [0.3, 0.4) is 0 Å². The topological polar surface area (TPSA) is 316 Å². The van der Waals surface area contributed by atoms with Gasteiger partial charge in [0.2, 0.25) is 0 Å². The number of anilines is 4. The van der Waals surface area contributed by atoms with E-state index in [1.54, 1.807) is 11.5 Å². The molecule has 0 aliphatic heterocycles. The molecule has 42 heteroatoms. The highest BCUT2D eigenvalue weighted by Gasteiger charge is 2.44. The number of aromatic nitrogens is 4. The van der Waals surface area contributed by atoms with E-state index in [0.29, 0.717) is 24.1 Å². The number of carbonyl (C=O) groups is 4. The lowest BCUT2D eigenvalue weighted by molar-refractivity contribution is -0.137. The molecule has 0 spiro atoms. The molecule has 0 radical (unpaired) electrons. The largest absolute Gasteiger partial charge is 0.417 e. The number of benzene rings is 8. The number of amides is 4. The number of nitrogens with one attached hydrogen (secondary N) is 4. The predicted octanol–water partition coefficient (Wildman–Crippen LogP) is 19.6. The van der Waals surface area contributed by atoms with Gasteiger partial charge in [0.05, 0.1) is 97.5 Å². The maximum atomic E-state index is 14.3. The van der Waals surface area contributed by atoms with E-state index >= 15 is 0 Å². The maximum Gasteiger partial charge on any atom is 0.417 e. The summed E-state index contributed by atoms with van der Waals surface area (Å²) in [6, 6.07) is 33.1. The molecule has 4 heterocycles. The molecule has 4 aromatic heterocycles. The second kappa shape index (κ2) is 39.7. The minimum absolute atomic E-state index is 0.000327. The minimum atomic E-state index is -4.64. The van der Waals surface area contributed by atoms with Crippen molar-refractivity contribution in [2.24, 2.45) is 0 Å². The van der Waals surface area contributed by atoms with E-state index in [4.69, 9.17) is 0 Å². The molecule has 2 aliphatic rings. The lowest BCUT2D eigenvalue weighted by Gasteiger charge is -2.30. The monoisotopic (exact) mass is 1970 g/mol. The smallest absolute Gasteiger partial charge is 0.395 e. The summed E-state index contributed by atoms with van der Waals surface area (Å²) in [6.07, 6.45) is -5.57. The zero-order valence-electron chi connectivity index (χ0n) is 72.6. The zero-order chi connectivity index (χ0) is 99.7. The summed E-state index contributed by atoms with van der Waals surface area (Å²) in [7, 11) is -14.2. The van der Waals surface area contributed by atoms with Crippen LogP contribution in [0.15, 0.2) is 214 Å². The van der Waals surface area contributed by atoms with Gasteiger partial charge < -0.3 is 54.9 Å². The van der Waals surface area contributed by atoms with Crippen molar-refractivity contribution in [3.05, 3.63) is 285 Å². The first-order valence-electron chi connectivity index (χ1n) is 40.5. The Morgan fingerprint density at radius 1 is 0.385 bits per heavy atom. The van der Waals surface area contributed by atoms with Crippen molar-refractivity contribution >= 4 is 91.3 Å². The molecule has 22 nitrogen and oxygen atoms in total. The van der Waals surface area contributed by atoms with Gasteiger partial charge in [0, 0.05) is 114 Å². The lowest BCUT2D eigenvalue weighted by Crippen LogP contribution is -2.18. The summed E-state index contributed by atoms with van der Waals surface area (Å²) in [5.41, 5.74) is -2.76. The first kappa shape index (κ1) is 103. The lowest BCUT2D eigenvalue weighted by atomic mass is 9.91. The highest BCUT2D eigenvalue weighted by molar-refractivity contribution is 7.99. The highest BCUT2D eigenvalue weighted by atomic mass is 32.2. The average Bonchev–Trinajstić information content (AvgIpc) is 1.63. The van der Waals surface area contributed by atoms with Crippen molar-refractivity contribution in [3.8, 4) is 45.0 Å². The molecule has 12 aromatic rings. The molecule has 14 rings (SSSR count). The van der Waals surface area contributed by atoms with Crippen LogP contribution in [0, 0.1) is 51.0 Å². The first-order chi connectivity index (χ1) is 62.8. The third kappa shape index (κ3) is 23.8. The van der Waals surface area contributed by atoms with Gasteiger partial charge in [-0.1, -0.05) is 72.8 Å². The summed E-state index contributed by atoms with van der Waals surface area (Å²) in [4.78, 5) is 50.2.